The van der Waals surface area contributed by atoms with E-state index in [1.165, 1.54) is 57.7 Å². The van der Waals surface area contributed by atoms with E-state index in [-0.39, 0.29) is 0 Å². The topological polar surface area (TPSA) is 15.3 Å². The van der Waals surface area contributed by atoms with Crippen molar-refractivity contribution in [1.29, 1.82) is 0 Å². The van der Waals surface area contributed by atoms with E-state index >= 15 is 0 Å². The Morgan fingerprint density at radius 1 is 1.31 bits per heavy atom. The molecule has 76 valence electrons. The Morgan fingerprint density at radius 2 is 2.15 bits per heavy atom. The van der Waals surface area contributed by atoms with Crippen LogP contribution in [0.25, 0.3) is 0 Å². The minimum Gasteiger partial charge on any atom is -0.314 e. The summed E-state index contributed by atoms with van der Waals surface area (Å²) in [5, 5.41) is 4.38. The molecule has 2 aliphatic rings. The summed E-state index contributed by atoms with van der Waals surface area (Å²) in [4.78, 5) is 2.61. The van der Waals surface area contributed by atoms with Gasteiger partial charge < -0.3 is 10.2 Å². The van der Waals surface area contributed by atoms with Crippen LogP contribution in [-0.2, 0) is 0 Å². The molecular formula is C10H20N2S. The zero-order valence-electron chi connectivity index (χ0n) is 8.30. The van der Waals surface area contributed by atoms with Crippen LogP contribution in [0.2, 0.25) is 0 Å². The van der Waals surface area contributed by atoms with Gasteiger partial charge in [0.1, 0.15) is 0 Å². The fourth-order valence-electron chi connectivity index (χ4n) is 2.13. The van der Waals surface area contributed by atoms with Crippen LogP contribution in [0.3, 0.4) is 0 Å². The van der Waals surface area contributed by atoms with E-state index in [9.17, 15) is 0 Å². The van der Waals surface area contributed by atoms with Gasteiger partial charge in [0.2, 0.25) is 0 Å². The Balaban J connectivity index is 1.60. The Morgan fingerprint density at radius 3 is 2.85 bits per heavy atom. The van der Waals surface area contributed by atoms with Gasteiger partial charge in [-0.3, -0.25) is 0 Å². The summed E-state index contributed by atoms with van der Waals surface area (Å²) in [5.74, 6) is 1.41. The SMILES string of the molecule is C1CSC(CCN2CCNCC2)C1. The summed E-state index contributed by atoms with van der Waals surface area (Å²) >= 11 is 2.19. The zero-order valence-corrected chi connectivity index (χ0v) is 9.11. The monoisotopic (exact) mass is 200 g/mol. The van der Waals surface area contributed by atoms with E-state index in [1.54, 1.807) is 0 Å². The first-order valence-corrected chi connectivity index (χ1v) is 6.55. The Bertz CT molecular complexity index is 140. The van der Waals surface area contributed by atoms with E-state index in [1.807, 2.05) is 0 Å². The molecule has 0 aromatic rings. The van der Waals surface area contributed by atoms with E-state index in [2.05, 4.69) is 22.0 Å². The molecule has 0 aromatic carbocycles. The minimum atomic E-state index is 0.981. The second-order valence-corrected chi connectivity index (χ2v) is 5.42. The average molecular weight is 200 g/mol. The fraction of sp³-hybridized carbons (Fsp3) is 1.00. The normalized spacial score (nSPS) is 30.9. The van der Waals surface area contributed by atoms with Crippen LogP contribution in [0.15, 0.2) is 0 Å². The van der Waals surface area contributed by atoms with Gasteiger partial charge in [0.25, 0.3) is 0 Å². The number of hydrogen-bond acceptors (Lipinski definition) is 3. The Hall–Kier alpha value is 0.270. The van der Waals surface area contributed by atoms with Crippen molar-refractivity contribution in [2.45, 2.75) is 24.5 Å². The number of piperazine rings is 1. The van der Waals surface area contributed by atoms with E-state index in [0.29, 0.717) is 0 Å². The molecule has 0 spiro atoms. The van der Waals surface area contributed by atoms with Crippen LogP contribution in [0.1, 0.15) is 19.3 Å². The van der Waals surface area contributed by atoms with Crippen molar-refractivity contribution < 1.29 is 0 Å². The van der Waals surface area contributed by atoms with E-state index < -0.39 is 0 Å². The lowest BCUT2D eigenvalue weighted by Gasteiger charge is -2.27. The first-order chi connectivity index (χ1) is 6.45. The Labute approximate surface area is 85.4 Å². The largest absolute Gasteiger partial charge is 0.314 e. The molecule has 13 heavy (non-hydrogen) atoms. The summed E-state index contributed by atoms with van der Waals surface area (Å²) < 4.78 is 0. The van der Waals surface area contributed by atoms with E-state index in [0.717, 1.165) is 5.25 Å². The first kappa shape index (κ1) is 9.81. The third-order valence-corrected chi connectivity index (χ3v) is 4.47. The highest BCUT2D eigenvalue weighted by molar-refractivity contribution is 8.00. The quantitative estimate of drug-likeness (QED) is 0.736. The Kier molecular flexibility index (Phi) is 3.94. The predicted octanol–water partition coefficient (Wildman–Crippen LogP) is 1.18. The predicted molar refractivity (Wildman–Crippen MR) is 59.4 cm³/mol. The lowest BCUT2D eigenvalue weighted by atomic mass is 10.2. The van der Waals surface area contributed by atoms with Crippen LogP contribution in [0.5, 0.6) is 0 Å². The van der Waals surface area contributed by atoms with Gasteiger partial charge in [0.15, 0.2) is 0 Å². The van der Waals surface area contributed by atoms with Crippen molar-refractivity contribution >= 4 is 11.8 Å². The molecule has 2 fully saturated rings. The summed E-state index contributed by atoms with van der Waals surface area (Å²) in [7, 11) is 0. The maximum Gasteiger partial charge on any atom is 0.0107 e. The van der Waals surface area contributed by atoms with Crippen molar-refractivity contribution in [3.8, 4) is 0 Å². The first-order valence-electron chi connectivity index (χ1n) is 5.50. The van der Waals surface area contributed by atoms with Gasteiger partial charge in [-0.25, -0.2) is 0 Å². The van der Waals surface area contributed by atoms with Gasteiger partial charge in [-0.15, -0.1) is 0 Å². The smallest absolute Gasteiger partial charge is 0.0107 e. The molecule has 0 radical (unpaired) electrons. The summed E-state index contributed by atoms with van der Waals surface area (Å²) in [6.07, 6.45) is 4.35. The van der Waals surface area contributed by atoms with Gasteiger partial charge >= 0.3 is 0 Å². The molecule has 0 aliphatic carbocycles. The molecular weight excluding hydrogens is 180 g/mol. The lowest BCUT2D eigenvalue weighted by molar-refractivity contribution is 0.237. The molecule has 0 bridgehead atoms. The molecule has 2 saturated heterocycles. The van der Waals surface area contributed by atoms with Gasteiger partial charge in [0.05, 0.1) is 0 Å². The third-order valence-electron chi connectivity index (χ3n) is 3.00. The van der Waals surface area contributed by atoms with Crippen molar-refractivity contribution in [3.05, 3.63) is 0 Å². The number of rotatable bonds is 3. The molecule has 2 heterocycles. The van der Waals surface area contributed by atoms with Gasteiger partial charge in [-0.1, -0.05) is 0 Å². The van der Waals surface area contributed by atoms with Crippen molar-refractivity contribution in [3.63, 3.8) is 0 Å². The molecule has 2 nitrogen and oxygen atoms in total. The maximum atomic E-state index is 3.40. The fourth-order valence-corrected chi connectivity index (χ4v) is 3.41. The molecule has 1 unspecified atom stereocenters. The minimum absolute atomic E-state index is 0.981. The van der Waals surface area contributed by atoms with Crippen LogP contribution in [-0.4, -0.2) is 48.6 Å². The highest BCUT2D eigenvalue weighted by atomic mass is 32.2. The number of nitrogens with one attached hydrogen (secondary N) is 1. The lowest BCUT2D eigenvalue weighted by Crippen LogP contribution is -2.44. The third kappa shape index (κ3) is 3.15. The van der Waals surface area contributed by atoms with Crippen LogP contribution < -0.4 is 5.32 Å². The van der Waals surface area contributed by atoms with Crippen molar-refractivity contribution in [1.82, 2.24) is 10.2 Å². The van der Waals surface area contributed by atoms with Crippen LogP contribution in [0, 0.1) is 0 Å². The molecule has 1 atom stereocenters. The molecule has 2 aliphatic heterocycles. The van der Waals surface area contributed by atoms with Crippen LogP contribution in [0.4, 0.5) is 0 Å². The number of nitrogens with zero attached hydrogens (tertiary/aromatic N) is 1. The van der Waals surface area contributed by atoms with E-state index in [4.69, 9.17) is 0 Å². The summed E-state index contributed by atoms with van der Waals surface area (Å²) in [6.45, 7) is 6.24. The second kappa shape index (κ2) is 5.23. The maximum absolute atomic E-state index is 3.40. The summed E-state index contributed by atoms with van der Waals surface area (Å²) in [6, 6.07) is 0. The standard InChI is InChI=1S/C10H20N2S/c1-2-10(13-9-1)3-6-12-7-4-11-5-8-12/h10-11H,1-9H2. The van der Waals surface area contributed by atoms with Crippen molar-refractivity contribution in [2.75, 3.05) is 38.5 Å². The molecule has 0 amide bonds. The zero-order chi connectivity index (χ0) is 8.93. The highest BCUT2D eigenvalue weighted by Gasteiger charge is 2.17. The number of thioether (sulfide) groups is 1. The highest BCUT2D eigenvalue weighted by Crippen LogP contribution is 2.28. The van der Waals surface area contributed by atoms with Gasteiger partial charge in [-0.05, 0) is 31.6 Å². The molecule has 2 rings (SSSR count). The molecule has 1 N–H and O–H groups in total. The van der Waals surface area contributed by atoms with Gasteiger partial charge in [0, 0.05) is 31.4 Å². The second-order valence-electron chi connectivity index (χ2n) is 4.02. The number of hydrogen-bond donors (Lipinski definition) is 1. The van der Waals surface area contributed by atoms with Crippen LogP contribution >= 0.6 is 11.8 Å². The average Bonchev–Trinajstić information content (AvgIpc) is 2.69. The van der Waals surface area contributed by atoms with Gasteiger partial charge in [-0.2, -0.15) is 11.8 Å². The molecule has 3 heteroatoms. The van der Waals surface area contributed by atoms with Crippen molar-refractivity contribution in [2.24, 2.45) is 0 Å². The summed E-state index contributed by atoms with van der Waals surface area (Å²) in [5.41, 5.74) is 0. The molecule has 0 saturated carbocycles. The molecule has 0 aromatic heterocycles.